The number of nitrogens with one attached hydrogen (secondary N) is 2. The van der Waals surface area contributed by atoms with E-state index in [1.54, 1.807) is 24.4 Å². The van der Waals surface area contributed by atoms with Crippen LogP contribution in [0.4, 0.5) is 17.6 Å². The van der Waals surface area contributed by atoms with Gasteiger partial charge in [-0.3, -0.25) is 4.79 Å². The van der Waals surface area contributed by atoms with Gasteiger partial charge in [0.2, 0.25) is 5.95 Å². The number of nitrogens with two attached hydrogens (primary N) is 2. The predicted molar refractivity (Wildman–Crippen MR) is 119 cm³/mol. The summed E-state index contributed by atoms with van der Waals surface area (Å²) in [6.07, 6.45) is 4.92. The highest BCUT2D eigenvalue weighted by Gasteiger charge is 2.37. The maximum Gasteiger partial charge on any atom is 0.268 e. The molecule has 158 valence electrons. The molecule has 1 aliphatic carbocycles. The molecule has 1 fully saturated rings. The van der Waals surface area contributed by atoms with Crippen LogP contribution in [0.15, 0.2) is 35.5 Å². The average molecular weight is 458 g/mol. The standard InChI is InChI=1S/C19H17Cl2N9O/c20-9-2-1-3-10-12(9)18(31)30(11-6-24-7-25-11)17(26-10)14(8-4-5-8)27-16-13(21)15(22)28-19(23)29-16/h1-3,6-8,14H,4-5H2,(H,24,25)(H5,22,23,27,28,29). The smallest absolute Gasteiger partial charge is 0.268 e. The zero-order valence-electron chi connectivity index (χ0n) is 16.0. The van der Waals surface area contributed by atoms with E-state index in [2.05, 4.69) is 25.3 Å². The molecule has 31 heavy (non-hydrogen) atoms. The lowest BCUT2D eigenvalue weighted by atomic mass is 10.1. The normalized spacial score (nSPS) is 14.6. The lowest BCUT2D eigenvalue weighted by molar-refractivity contribution is 0.606. The van der Waals surface area contributed by atoms with E-state index in [1.807, 2.05) is 0 Å². The Kier molecular flexibility index (Phi) is 4.67. The zero-order chi connectivity index (χ0) is 21.7. The van der Waals surface area contributed by atoms with Crippen molar-refractivity contribution in [2.75, 3.05) is 16.8 Å². The first kappa shape index (κ1) is 19.6. The Morgan fingerprint density at radius 3 is 2.71 bits per heavy atom. The monoisotopic (exact) mass is 457 g/mol. The SMILES string of the molecule is Nc1nc(N)c(Cl)c(NC(c2nc3cccc(Cl)c3c(=O)n2-c2cnc[nH]2)C2CC2)n1. The average Bonchev–Trinajstić information content (AvgIpc) is 3.43. The molecule has 12 heteroatoms. The maximum absolute atomic E-state index is 13.5. The summed E-state index contributed by atoms with van der Waals surface area (Å²) in [5.74, 6) is 1.47. The highest BCUT2D eigenvalue weighted by Crippen LogP contribution is 2.43. The third-order valence-electron chi connectivity index (χ3n) is 5.16. The van der Waals surface area contributed by atoms with Crippen LogP contribution in [-0.4, -0.2) is 29.5 Å². The first-order valence-corrected chi connectivity index (χ1v) is 10.2. The quantitative estimate of drug-likeness (QED) is 0.356. The number of benzene rings is 1. The molecular weight excluding hydrogens is 441 g/mol. The van der Waals surface area contributed by atoms with Gasteiger partial charge in [0, 0.05) is 0 Å². The molecule has 0 bridgehead atoms. The highest BCUT2D eigenvalue weighted by atomic mass is 35.5. The predicted octanol–water partition coefficient (Wildman–Crippen LogP) is 2.93. The Balaban J connectivity index is 1.74. The maximum atomic E-state index is 13.5. The second-order valence-electron chi connectivity index (χ2n) is 7.27. The molecule has 4 aromatic rings. The molecule has 1 atom stereocenters. The zero-order valence-corrected chi connectivity index (χ0v) is 17.5. The number of imidazole rings is 1. The van der Waals surface area contributed by atoms with Crippen LogP contribution in [0.5, 0.6) is 0 Å². The molecule has 10 nitrogen and oxygen atoms in total. The fraction of sp³-hybridized carbons (Fsp3) is 0.211. The summed E-state index contributed by atoms with van der Waals surface area (Å²) in [4.78, 5) is 33.4. The lowest BCUT2D eigenvalue weighted by Gasteiger charge is -2.23. The number of nitrogens with zero attached hydrogens (tertiary/aromatic N) is 5. The van der Waals surface area contributed by atoms with Crippen LogP contribution in [0.1, 0.15) is 24.7 Å². The number of hydrogen-bond acceptors (Lipinski definition) is 8. The largest absolute Gasteiger partial charge is 0.382 e. The minimum atomic E-state index is -0.398. The molecule has 3 heterocycles. The summed E-state index contributed by atoms with van der Waals surface area (Å²) in [6.45, 7) is 0. The van der Waals surface area contributed by atoms with E-state index < -0.39 is 6.04 Å². The van der Waals surface area contributed by atoms with Crippen molar-refractivity contribution in [2.45, 2.75) is 18.9 Å². The minimum absolute atomic E-state index is 0.0110. The van der Waals surface area contributed by atoms with Crippen LogP contribution < -0.4 is 22.3 Å². The van der Waals surface area contributed by atoms with Crippen molar-refractivity contribution in [3.8, 4) is 5.82 Å². The molecule has 0 amide bonds. The molecule has 6 N–H and O–H groups in total. The van der Waals surface area contributed by atoms with Gasteiger partial charge in [-0.1, -0.05) is 29.3 Å². The Hall–Kier alpha value is -3.37. The number of aromatic amines is 1. The van der Waals surface area contributed by atoms with E-state index in [4.69, 9.17) is 39.7 Å². The van der Waals surface area contributed by atoms with Crippen molar-refractivity contribution >= 4 is 51.7 Å². The summed E-state index contributed by atoms with van der Waals surface area (Å²) in [7, 11) is 0. The molecule has 1 aromatic carbocycles. The van der Waals surface area contributed by atoms with E-state index in [-0.39, 0.29) is 34.1 Å². The number of H-pyrrole nitrogens is 1. The summed E-state index contributed by atoms with van der Waals surface area (Å²) >= 11 is 12.6. The van der Waals surface area contributed by atoms with Crippen molar-refractivity contribution in [1.29, 1.82) is 0 Å². The van der Waals surface area contributed by atoms with E-state index in [1.165, 1.54) is 10.9 Å². The first-order valence-electron chi connectivity index (χ1n) is 9.49. The van der Waals surface area contributed by atoms with Gasteiger partial charge in [-0.15, -0.1) is 0 Å². The number of hydrogen-bond donors (Lipinski definition) is 4. The van der Waals surface area contributed by atoms with Crippen LogP contribution in [0.2, 0.25) is 10.0 Å². The number of anilines is 3. The van der Waals surface area contributed by atoms with E-state index in [0.29, 0.717) is 27.6 Å². The first-order chi connectivity index (χ1) is 14.9. The van der Waals surface area contributed by atoms with Gasteiger partial charge in [0.15, 0.2) is 5.82 Å². The molecule has 1 unspecified atom stereocenters. The second-order valence-corrected chi connectivity index (χ2v) is 8.06. The van der Waals surface area contributed by atoms with Crippen LogP contribution in [0.3, 0.4) is 0 Å². The van der Waals surface area contributed by atoms with Gasteiger partial charge in [-0.05, 0) is 30.9 Å². The Morgan fingerprint density at radius 1 is 1.19 bits per heavy atom. The molecule has 3 aromatic heterocycles. The number of nitrogen functional groups attached to an aromatic ring is 2. The third kappa shape index (κ3) is 3.43. The molecular formula is C19H17Cl2N9O. The lowest BCUT2D eigenvalue weighted by Crippen LogP contribution is -2.30. The molecule has 1 saturated carbocycles. The van der Waals surface area contributed by atoms with Crippen molar-refractivity contribution in [3.63, 3.8) is 0 Å². The number of rotatable bonds is 5. The Morgan fingerprint density at radius 2 is 2.00 bits per heavy atom. The molecule has 1 aliphatic rings. The molecule has 0 aliphatic heterocycles. The van der Waals surface area contributed by atoms with Gasteiger partial charge >= 0.3 is 0 Å². The molecule has 0 radical (unpaired) electrons. The van der Waals surface area contributed by atoms with Crippen molar-refractivity contribution < 1.29 is 0 Å². The molecule has 0 spiro atoms. The number of aromatic nitrogens is 6. The van der Waals surface area contributed by atoms with Gasteiger partial charge in [0.05, 0.1) is 34.5 Å². The van der Waals surface area contributed by atoms with Gasteiger partial charge in [0.1, 0.15) is 22.5 Å². The van der Waals surface area contributed by atoms with Crippen molar-refractivity contribution in [3.05, 3.63) is 56.9 Å². The summed E-state index contributed by atoms with van der Waals surface area (Å²) in [5.41, 5.74) is 11.8. The molecule has 0 saturated heterocycles. The third-order valence-corrected chi connectivity index (χ3v) is 5.84. The van der Waals surface area contributed by atoms with Gasteiger partial charge < -0.3 is 21.8 Å². The van der Waals surface area contributed by atoms with Crippen LogP contribution >= 0.6 is 23.2 Å². The summed E-state index contributed by atoms with van der Waals surface area (Å²) in [6, 6.07) is 4.77. The van der Waals surface area contributed by atoms with Crippen LogP contribution in [0, 0.1) is 5.92 Å². The van der Waals surface area contributed by atoms with Crippen LogP contribution in [0.25, 0.3) is 16.7 Å². The fourth-order valence-corrected chi connectivity index (χ4v) is 3.96. The Bertz CT molecular complexity index is 1350. The fourth-order valence-electron chi connectivity index (χ4n) is 3.57. The van der Waals surface area contributed by atoms with Crippen molar-refractivity contribution in [1.82, 2.24) is 29.5 Å². The highest BCUT2D eigenvalue weighted by molar-refractivity contribution is 6.35. The molecule has 5 rings (SSSR count). The summed E-state index contributed by atoms with van der Waals surface area (Å²) < 4.78 is 1.47. The second kappa shape index (κ2) is 7.40. The van der Waals surface area contributed by atoms with Crippen LogP contribution in [-0.2, 0) is 0 Å². The summed E-state index contributed by atoms with van der Waals surface area (Å²) in [5, 5.41) is 4.08. The Labute approximate surface area is 185 Å². The van der Waals surface area contributed by atoms with E-state index >= 15 is 0 Å². The van der Waals surface area contributed by atoms with Crippen molar-refractivity contribution in [2.24, 2.45) is 5.92 Å². The minimum Gasteiger partial charge on any atom is -0.382 e. The van der Waals surface area contributed by atoms with Gasteiger partial charge in [0.25, 0.3) is 5.56 Å². The number of halogens is 2. The van der Waals surface area contributed by atoms with Gasteiger partial charge in [-0.25, -0.2) is 14.5 Å². The van der Waals surface area contributed by atoms with Gasteiger partial charge in [-0.2, -0.15) is 9.97 Å². The topological polar surface area (TPSA) is 153 Å². The van der Waals surface area contributed by atoms with E-state index in [0.717, 1.165) is 12.8 Å². The number of fused-ring (bicyclic) bond motifs is 1. The van der Waals surface area contributed by atoms with E-state index in [9.17, 15) is 4.79 Å².